The summed E-state index contributed by atoms with van der Waals surface area (Å²) in [6.07, 6.45) is 5.58. The molecule has 2 aromatic rings. The van der Waals surface area contributed by atoms with E-state index < -0.39 is 15.9 Å². The monoisotopic (exact) mass is 454 g/mol. The Labute approximate surface area is 182 Å². The number of carbonyl (C=O) groups is 1. The Hall–Kier alpha value is -1.76. The van der Waals surface area contributed by atoms with Crippen molar-refractivity contribution < 1.29 is 13.2 Å². The maximum Gasteiger partial charge on any atom is 0.241 e. The number of sulfonamides is 1. The summed E-state index contributed by atoms with van der Waals surface area (Å²) in [4.78, 5) is 12.6. The first kappa shape index (κ1) is 21.9. The largest absolute Gasteiger partial charge is 0.348 e. The van der Waals surface area contributed by atoms with Crippen molar-refractivity contribution in [1.29, 1.82) is 0 Å². The summed E-state index contributed by atoms with van der Waals surface area (Å²) in [6, 6.07) is 10.7. The first-order chi connectivity index (χ1) is 13.7. The fourth-order valence-corrected chi connectivity index (χ4v) is 4.90. The van der Waals surface area contributed by atoms with Crippen LogP contribution < -0.4 is 9.62 Å². The number of amides is 1. The highest BCUT2D eigenvalue weighted by Gasteiger charge is 2.25. The van der Waals surface area contributed by atoms with Crippen LogP contribution in [0.1, 0.15) is 42.5 Å². The summed E-state index contributed by atoms with van der Waals surface area (Å²) >= 11 is 12.2. The van der Waals surface area contributed by atoms with Crippen molar-refractivity contribution in [1.82, 2.24) is 5.32 Å². The molecule has 1 atom stereocenters. The molecule has 0 bridgehead atoms. The molecular weight excluding hydrogens is 431 g/mol. The van der Waals surface area contributed by atoms with Gasteiger partial charge in [0.1, 0.15) is 6.54 Å². The fraction of sp³-hybridized carbons (Fsp3) is 0.381. The molecule has 5 nitrogen and oxygen atoms in total. The quantitative estimate of drug-likeness (QED) is 0.697. The van der Waals surface area contributed by atoms with Crippen LogP contribution in [0, 0.1) is 0 Å². The van der Waals surface area contributed by atoms with Gasteiger partial charge in [-0.1, -0.05) is 47.5 Å². The van der Waals surface area contributed by atoms with E-state index in [0.29, 0.717) is 0 Å². The lowest BCUT2D eigenvalue weighted by molar-refractivity contribution is -0.120. The zero-order valence-electron chi connectivity index (χ0n) is 16.4. The van der Waals surface area contributed by atoms with E-state index >= 15 is 0 Å². The Bertz CT molecular complexity index is 1020. The molecule has 1 aliphatic rings. The molecule has 0 heterocycles. The summed E-state index contributed by atoms with van der Waals surface area (Å²) in [5, 5.41) is 3.20. The molecule has 156 valence electrons. The lowest BCUT2D eigenvalue weighted by atomic mass is 9.89. The van der Waals surface area contributed by atoms with Crippen molar-refractivity contribution in [2.45, 2.75) is 38.6 Å². The van der Waals surface area contributed by atoms with E-state index in [4.69, 9.17) is 23.2 Å². The summed E-state index contributed by atoms with van der Waals surface area (Å²) in [5.41, 5.74) is 3.89. The van der Waals surface area contributed by atoms with Gasteiger partial charge >= 0.3 is 0 Å². The van der Waals surface area contributed by atoms with Gasteiger partial charge in [0.2, 0.25) is 15.9 Å². The minimum absolute atomic E-state index is 0.0927. The van der Waals surface area contributed by atoms with E-state index in [1.807, 2.05) is 13.0 Å². The van der Waals surface area contributed by atoms with Gasteiger partial charge in [-0.3, -0.25) is 9.10 Å². The SMILES string of the molecule is C[C@@H](NC(=O)CN(c1cccc(Cl)c1Cl)S(C)(=O)=O)c1ccc2c(c1)CCCC2. The molecular formula is C21H24Cl2N2O3S. The maximum atomic E-state index is 12.6. The number of carbonyl (C=O) groups excluding carboxylic acids is 1. The summed E-state index contributed by atoms with van der Waals surface area (Å²) < 4.78 is 25.6. The van der Waals surface area contributed by atoms with E-state index in [1.54, 1.807) is 12.1 Å². The molecule has 0 unspecified atom stereocenters. The van der Waals surface area contributed by atoms with Gasteiger partial charge in [0.15, 0.2) is 0 Å². The molecule has 3 rings (SSSR count). The van der Waals surface area contributed by atoms with Crippen molar-refractivity contribution in [2.24, 2.45) is 0 Å². The lowest BCUT2D eigenvalue weighted by Gasteiger charge is -2.25. The van der Waals surface area contributed by atoms with Gasteiger partial charge in [-0.15, -0.1) is 0 Å². The van der Waals surface area contributed by atoms with Gasteiger partial charge in [0.05, 0.1) is 28.0 Å². The molecule has 1 N–H and O–H groups in total. The minimum Gasteiger partial charge on any atom is -0.348 e. The molecule has 0 saturated heterocycles. The normalized spacial score (nSPS) is 14.8. The highest BCUT2D eigenvalue weighted by molar-refractivity contribution is 7.92. The number of nitrogens with one attached hydrogen (secondary N) is 1. The topological polar surface area (TPSA) is 66.5 Å². The molecule has 2 aromatic carbocycles. The zero-order valence-corrected chi connectivity index (χ0v) is 18.7. The second-order valence-electron chi connectivity index (χ2n) is 7.37. The minimum atomic E-state index is -3.74. The molecule has 0 aliphatic heterocycles. The lowest BCUT2D eigenvalue weighted by Crippen LogP contribution is -2.41. The number of anilines is 1. The van der Waals surface area contributed by atoms with Crippen LogP contribution in [-0.2, 0) is 27.7 Å². The van der Waals surface area contributed by atoms with Crippen LogP contribution in [0.4, 0.5) is 5.69 Å². The molecule has 1 amide bonds. The molecule has 0 spiro atoms. The van der Waals surface area contributed by atoms with Gasteiger partial charge < -0.3 is 5.32 Å². The third kappa shape index (κ3) is 5.24. The number of hydrogen-bond acceptors (Lipinski definition) is 3. The first-order valence-corrected chi connectivity index (χ1v) is 12.1. The van der Waals surface area contributed by atoms with E-state index in [9.17, 15) is 13.2 Å². The van der Waals surface area contributed by atoms with Crippen LogP contribution in [0.3, 0.4) is 0 Å². The van der Waals surface area contributed by atoms with Crippen LogP contribution in [0.25, 0.3) is 0 Å². The summed E-state index contributed by atoms with van der Waals surface area (Å²) in [5.74, 6) is -0.420. The number of benzene rings is 2. The van der Waals surface area contributed by atoms with E-state index in [1.165, 1.54) is 30.0 Å². The highest BCUT2D eigenvalue weighted by atomic mass is 35.5. The van der Waals surface area contributed by atoms with Crippen LogP contribution in [-0.4, -0.2) is 27.1 Å². The fourth-order valence-electron chi connectivity index (χ4n) is 3.59. The van der Waals surface area contributed by atoms with Crippen molar-refractivity contribution in [3.63, 3.8) is 0 Å². The summed E-state index contributed by atoms with van der Waals surface area (Å²) in [7, 11) is -3.74. The molecule has 29 heavy (non-hydrogen) atoms. The maximum absolute atomic E-state index is 12.6. The third-order valence-corrected chi connectivity index (χ3v) is 7.07. The van der Waals surface area contributed by atoms with Crippen molar-refractivity contribution >= 4 is 44.8 Å². The van der Waals surface area contributed by atoms with Gasteiger partial charge in [-0.05, 0) is 61.4 Å². The summed E-state index contributed by atoms with van der Waals surface area (Å²) in [6.45, 7) is 1.51. The predicted molar refractivity (Wildman–Crippen MR) is 118 cm³/mol. The average molecular weight is 455 g/mol. The van der Waals surface area contributed by atoms with Crippen molar-refractivity contribution in [3.8, 4) is 0 Å². The first-order valence-electron chi connectivity index (χ1n) is 9.49. The number of nitrogens with zero attached hydrogens (tertiary/aromatic N) is 1. The molecule has 1 aliphatic carbocycles. The van der Waals surface area contributed by atoms with Gasteiger partial charge in [-0.25, -0.2) is 8.42 Å². The van der Waals surface area contributed by atoms with Crippen molar-refractivity contribution in [3.05, 3.63) is 63.1 Å². The van der Waals surface area contributed by atoms with Crippen LogP contribution in [0.2, 0.25) is 10.0 Å². The zero-order chi connectivity index (χ0) is 21.2. The second kappa shape index (κ2) is 8.94. The van der Waals surface area contributed by atoms with E-state index in [-0.39, 0.29) is 28.3 Å². The highest BCUT2D eigenvalue weighted by Crippen LogP contribution is 2.33. The number of fused-ring (bicyclic) bond motifs is 1. The Kier molecular flexibility index (Phi) is 6.76. The van der Waals surface area contributed by atoms with Crippen LogP contribution in [0.15, 0.2) is 36.4 Å². The van der Waals surface area contributed by atoms with E-state index in [0.717, 1.165) is 29.0 Å². The number of halogens is 2. The third-order valence-electron chi connectivity index (χ3n) is 5.14. The number of hydrogen-bond donors (Lipinski definition) is 1. The number of rotatable bonds is 6. The average Bonchev–Trinajstić information content (AvgIpc) is 2.67. The standard InChI is InChI=1S/C21H24Cl2N2O3S/c1-14(16-11-10-15-6-3-4-7-17(15)12-16)24-20(26)13-25(29(2,27)28)19-9-5-8-18(22)21(19)23/h5,8-12,14H,3-4,6-7,13H2,1-2H3,(H,24,26)/t14-/m1/s1. The van der Waals surface area contributed by atoms with Crippen LogP contribution >= 0.6 is 23.2 Å². The number of aryl methyl sites for hydroxylation is 2. The molecule has 0 fully saturated rings. The van der Waals surface area contributed by atoms with Gasteiger partial charge in [0.25, 0.3) is 0 Å². The van der Waals surface area contributed by atoms with Gasteiger partial charge in [-0.2, -0.15) is 0 Å². The Morgan fingerprint density at radius 3 is 2.52 bits per heavy atom. The van der Waals surface area contributed by atoms with Crippen molar-refractivity contribution in [2.75, 3.05) is 17.1 Å². The smallest absolute Gasteiger partial charge is 0.241 e. The van der Waals surface area contributed by atoms with Gasteiger partial charge in [0, 0.05) is 0 Å². The molecule has 0 aromatic heterocycles. The Balaban J connectivity index is 1.76. The Morgan fingerprint density at radius 2 is 1.83 bits per heavy atom. The predicted octanol–water partition coefficient (Wildman–Crippen LogP) is 4.52. The van der Waals surface area contributed by atoms with E-state index in [2.05, 4.69) is 17.4 Å². The Morgan fingerprint density at radius 1 is 1.14 bits per heavy atom. The van der Waals surface area contributed by atoms with Crippen LogP contribution in [0.5, 0.6) is 0 Å². The second-order valence-corrected chi connectivity index (χ2v) is 10.1. The molecule has 8 heteroatoms. The molecule has 0 saturated carbocycles. The molecule has 0 radical (unpaired) electrons.